The van der Waals surface area contributed by atoms with Gasteiger partial charge in [-0.05, 0) is 24.6 Å². The number of pyridine rings is 1. The number of para-hydroxylation sites is 1. The summed E-state index contributed by atoms with van der Waals surface area (Å²) in [5.41, 5.74) is 2.62. The highest BCUT2D eigenvalue weighted by Crippen LogP contribution is 2.24. The van der Waals surface area contributed by atoms with E-state index in [1.54, 1.807) is 12.5 Å². The third kappa shape index (κ3) is 3.15. The zero-order valence-corrected chi connectivity index (χ0v) is 14.3. The Labute approximate surface area is 146 Å². The van der Waals surface area contributed by atoms with Crippen LogP contribution in [0.4, 0.5) is 0 Å². The van der Waals surface area contributed by atoms with Crippen molar-refractivity contribution in [2.24, 2.45) is 0 Å². The van der Waals surface area contributed by atoms with E-state index >= 15 is 0 Å². The van der Waals surface area contributed by atoms with Gasteiger partial charge in [-0.1, -0.05) is 24.3 Å². The molecule has 5 heteroatoms. The minimum Gasteiger partial charge on any atom is -0.463 e. The average molecular weight is 335 g/mol. The molecule has 1 amide bonds. The average Bonchev–Trinajstić information content (AvgIpc) is 3.06. The Balaban J connectivity index is 1.46. The first kappa shape index (κ1) is 15.8. The molecular weight excluding hydrogens is 314 g/mol. The number of hydrogen-bond acceptors (Lipinski definition) is 4. The summed E-state index contributed by atoms with van der Waals surface area (Å²) < 4.78 is 5.53. The summed E-state index contributed by atoms with van der Waals surface area (Å²) in [6.45, 7) is 5.42. The zero-order valence-electron chi connectivity index (χ0n) is 14.3. The van der Waals surface area contributed by atoms with Crippen molar-refractivity contribution in [1.82, 2.24) is 14.8 Å². The third-order valence-corrected chi connectivity index (χ3v) is 4.81. The second-order valence-corrected chi connectivity index (χ2v) is 6.59. The lowest BCUT2D eigenvalue weighted by Crippen LogP contribution is -2.53. The molecule has 0 radical (unpaired) electrons. The van der Waals surface area contributed by atoms with Gasteiger partial charge in [0.15, 0.2) is 0 Å². The van der Waals surface area contributed by atoms with Crippen molar-refractivity contribution in [3.63, 3.8) is 0 Å². The molecule has 25 heavy (non-hydrogen) atoms. The number of rotatable bonds is 3. The van der Waals surface area contributed by atoms with E-state index in [9.17, 15) is 4.79 Å². The number of piperazine rings is 1. The molecule has 0 spiro atoms. The van der Waals surface area contributed by atoms with Crippen LogP contribution in [-0.2, 0) is 6.54 Å². The first-order valence-corrected chi connectivity index (χ1v) is 8.61. The van der Waals surface area contributed by atoms with Crippen LogP contribution in [0.5, 0.6) is 0 Å². The second kappa shape index (κ2) is 6.69. The number of furan rings is 1. The monoisotopic (exact) mass is 335 g/mol. The number of nitrogens with zero attached hydrogens (tertiary/aromatic N) is 3. The summed E-state index contributed by atoms with van der Waals surface area (Å²) in [7, 11) is 0. The van der Waals surface area contributed by atoms with Gasteiger partial charge in [0, 0.05) is 50.0 Å². The summed E-state index contributed by atoms with van der Waals surface area (Å²) in [5.74, 6) is 0.0541. The molecule has 1 aromatic carbocycles. The molecule has 5 nitrogen and oxygen atoms in total. The minimum absolute atomic E-state index is 0.0541. The molecule has 0 unspecified atom stereocenters. The van der Waals surface area contributed by atoms with Gasteiger partial charge < -0.3 is 9.32 Å². The Bertz CT molecular complexity index is 875. The molecule has 3 heterocycles. The SMILES string of the molecule is C[C@@H]1CN(Cc2cccnc2)CCN1C(=O)c1coc2ccccc12. The molecule has 0 saturated carbocycles. The summed E-state index contributed by atoms with van der Waals surface area (Å²) in [6.07, 6.45) is 5.28. The highest BCUT2D eigenvalue weighted by atomic mass is 16.3. The van der Waals surface area contributed by atoms with Crippen LogP contribution >= 0.6 is 0 Å². The molecule has 4 rings (SSSR count). The Hall–Kier alpha value is -2.66. The Kier molecular flexibility index (Phi) is 4.24. The number of amides is 1. The van der Waals surface area contributed by atoms with Crippen LogP contribution in [0.25, 0.3) is 11.0 Å². The lowest BCUT2D eigenvalue weighted by molar-refractivity contribution is 0.0476. The molecular formula is C20H21N3O2. The second-order valence-electron chi connectivity index (χ2n) is 6.59. The summed E-state index contributed by atoms with van der Waals surface area (Å²) in [5, 5.41) is 0.887. The molecule has 0 aliphatic carbocycles. The van der Waals surface area contributed by atoms with E-state index in [1.807, 2.05) is 41.4 Å². The fraction of sp³-hybridized carbons (Fsp3) is 0.300. The van der Waals surface area contributed by atoms with Gasteiger partial charge in [-0.25, -0.2) is 0 Å². The van der Waals surface area contributed by atoms with Gasteiger partial charge >= 0.3 is 0 Å². The predicted octanol–water partition coefficient (Wildman–Crippen LogP) is 3.17. The van der Waals surface area contributed by atoms with Crippen LogP contribution < -0.4 is 0 Å². The van der Waals surface area contributed by atoms with Gasteiger partial charge in [0.05, 0.1) is 5.56 Å². The molecule has 1 atom stereocenters. The molecule has 0 N–H and O–H groups in total. The Morgan fingerprint density at radius 2 is 2.12 bits per heavy atom. The molecule has 1 aliphatic rings. The first-order valence-electron chi connectivity index (χ1n) is 8.61. The van der Waals surface area contributed by atoms with Crippen LogP contribution in [-0.4, -0.2) is 46.4 Å². The standard InChI is InChI=1S/C20H21N3O2/c1-15-12-22(13-16-5-4-8-21-11-16)9-10-23(15)20(24)18-14-25-19-7-3-2-6-17(18)19/h2-8,11,14-15H,9-10,12-13H2,1H3/t15-/m1/s1. The quantitative estimate of drug-likeness (QED) is 0.738. The van der Waals surface area contributed by atoms with Crippen LogP contribution in [0.15, 0.2) is 59.5 Å². The van der Waals surface area contributed by atoms with Gasteiger partial charge in [0.1, 0.15) is 11.8 Å². The largest absolute Gasteiger partial charge is 0.463 e. The van der Waals surface area contributed by atoms with Crippen molar-refractivity contribution in [3.05, 3.63) is 66.2 Å². The molecule has 128 valence electrons. The Morgan fingerprint density at radius 1 is 1.24 bits per heavy atom. The third-order valence-electron chi connectivity index (χ3n) is 4.81. The maximum atomic E-state index is 13.0. The van der Waals surface area contributed by atoms with E-state index in [2.05, 4.69) is 22.9 Å². The van der Waals surface area contributed by atoms with Crippen molar-refractivity contribution in [3.8, 4) is 0 Å². The van der Waals surface area contributed by atoms with Crippen molar-refractivity contribution in [1.29, 1.82) is 0 Å². The molecule has 0 bridgehead atoms. The molecule has 3 aromatic rings. The lowest BCUT2D eigenvalue weighted by Gasteiger charge is -2.39. The van der Waals surface area contributed by atoms with Gasteiger partial charge in [0.25, 0.3) is 5.91 Å². The maximum Gasteiger partial charge on any atom is 0.258 e. The summed E-state index contributed by atoms with van der Waals surface area (Å²) in [6, 6.07) is 11.9. The van der Waals surface area contributed by atoms with E-state index in [0.717, 1.165) is 37.1 Å². The van der Waals surface area contributed by atoms with E-state index in [0.29, 0.717) is 5.56 Å². The molecule has 1 fully saturated rings. The number of carbonyl (C=O) groups is 1. The van der Waals surface area contributed by atoms with Gasteiger partial charge in [-0.2, -0.15) is 0 Å². The van der Waals surface area contributed by atoms with Crippen LogP contribution in [0.3, 0.4) is 0 Å². The lowest BCUT2D eigenvalue weighted by atomic mass is 10.1. The van der Waals surface area contributed by atoms with E-state index < -0.39 is 0 Å². The van der Waals surface area contributed by atoms with Crippen molar-refractivity contribution in [2.75, 3.05) is 19.6 Å². The van der Waals surface area contributed by atoms with Crippen LogP contribution in [0, 0.1) is 0 Å². The smallest absolute Gasteiger partial charge is 0.258 e. The van der Waals surface area contributed by atoms with Gasteiger partial charge in [0.2, 0.25) is 0 Å². The normalized spacial score (nSPS) is 18.6. The van der Waals surface area contributed by atoms with Crippen molar-refractivity contribution < 1.29 is 9.21 Å². The van der Waals surface area contributed by atoms with Crippen LogP contribution in [0.2, 0.25) is 0 Å². The van der Waals surface area contributed by atoms with E-state index in [-0.39, 0.29) is 11.9 Å². The predicted molar refractivity (Wildman–Crippen MR) is 96.2 cm³/mol. The first-order chi connectivity index (χ1) is 12.2. The highest BCUT2D eigenvalue weighted by molar-refractivity contribution is 6.06. The molecule has 1 saturated heterocycles. The number of carbonyl (C=O) groups excluding carboxylic acids is 1. The fourth-order valence-electron chi connectivity index (χ4n) is 3.53. The molecule has 1 aliphatic heterocycles. The number of hydrogen-bond donors (Lipinski definition) is 0. The minimum atomic E-state index is 0.0541. The number of benzene rings is 1. The zero-order chi connectivity index (χ0) is 17.2. The summed E-state index contributed by atoms with van der Waals surface area (Å²) >= 11 is 0. The number of aromatic nitrogens is 1. The van der Waals surface area contributed by atoms with E-state index in [1.165, 1.54) is 5.56 Å². The number of fused-ring (bicyclic) bond motifs is 1. The van der Waals surface area contributed by atoms with Gasteiger partial charge in [-0.3, -0.25) is 14.7 Å². The van der Waals surface area contributed by atoms with E-state index in [4.69, 9.17) is 4.42 Å². The fourth-order valence-corrected chi connectivity index (χ4v) is 3.53. The van der Waals surface area contributed by atoms with Gasteiger partial charge in [-0.15, -0.1) is 0 Å². The van der Waals surface area contributed by atoms with Crippen molar-refractivity contribution in [2.45, 2.75) is 19.5 Å². The molecule has 2 aromatic heterocycles. The highest BCUT2D eigenvalue weighted by Gasteiger charge is 2.29. The summed E-state index contributed by atoms with van der Waals surface area (Å²) in [4.78, 5) is 21.5. The maximum absolute atomic E-state index is 13.0. The van der Waals surface area contributed by atoms with Crippen LogP contribution in [0.1, 0.15) is 22.8 Å². The topological polar surface area (TPSA) is 49.6 Å². The Morgan fingerprint density at radius 3 is 2.92 bits per heavy atom. The van der Waals surface area contributed by atoms with Crippen molar-refractivity contribution >= 4 is 16.9 Å².